The summed E-state index contributed by atoms with van der Waals surface area (Å²) >= 11 is 0. The SMILES string of the molecule is CCc1ccc(C(N)C2(CC(C)C)CCCC2)cc1CC. The summed E-state index contributed by atoms with van der Waals surface area (Å²) in [5.74, 6) is 0.731. The van der Waals surface area contributed by atoms with E-state index in [-0.39, 0.29) is 6.04 Å². The first kappa shape index (κ1) is 16.5. The summed E-state index contributed by atoms with van der Waals surface area (Å²) in [6.45, 7) is 9.17. The van der Waals surface area contributed by atoms with Gasteiger partial charge in [0.2, 0.25) is 0 Å². The third kappa shape index (κ3) is 3.51. The summed E-state index contributed by atoms with van der Waals surface area (Å²) in [6, 6.07) is 7.21. The minimum absolute atomic E-state index is 0.207. The molecule has 1 aromatic rings. The smallest absolute Gasteiger partial charge is 0.0352 e. The van der Waals surface area contributed by atoms with E-state index in [9.17, 15) is 0 Å². The minimum Gasteiger partial charge on any atom is -0.323 e. The van der Waals surface area contributed by atoms with E-state index in [0.717, 1.165) is 18.8 Å². The van der Waals surface area contributed by atoms with Crippen molar-refractivity contribution in [1.82, 2.24) is 0 Å². The lowest BCUT2D eigenvalue weighted by Crippen LogP contribution is -2.33. The molecule has 1 aliphatic rings. The molecule has 0 heterocycles. The van der Waals surface area contributed by atoms with Crippen LogP contribution >= 0.6 is 0 Å². The van der Waals surface area contributed by atoms with Crippen LogP contribution in [0.15, 0.2) is 18.2 Å². The molecule has 0 spiro atoms. The van der Waals surface area contributed by atoms with Crippen LogP contribution in [0.25, 0.3) is 0 Å². The third-order valence-electron chi connectivity index (χ3n) is 5.43. The molecule has 0 aromatic heterocycles. The molecule has 1 unspecified atom stereocenters. The lowest BCUT2D eigenvalue weighted by Gasteiger charge is -2.37. The molecule has 0 saturated heterocycles. The van der Waals surface area contributed by atoms with Crippen LogP contribution in [0.5, 0.6) is 0 Å². The normalized spacial score (nSPS) is 19.1. The molecule has 1 nitrogen and oxygen atoms in total. The zero-order chi connectivity index (χ0) is 15.5. The van der Waals surface area contributed by atoms with Crippen LogP contribution in [-0.4, -0.2) is 0 Å². The van der Waals surface area contributed by atoms with Gasteiger partial charge in [-0.15, -0.1) is 0 Å². The van der Waals surface area contributed by atoms with Gasteiger partial charge in [-0.3, -0.25) is 0 Å². The van der Waals surface area contributed by atoms with Gasteiger partial charge in [0, 0.05) is 6.04 Å². The van der Waals surface area contributed by atoms with Crippen molar-refractivity contribution < 1.29 is 0 Å². The van der Waals surface area contributed by atoms with Gasteiger partial charge in [0.05, 0.1) is 0 Å². The minimum atomic E-state index is 0.207. The molecule has 2 rings (SSSR count). The van der Waals surface area contributed by atoms with Crippen molar-refractivity contribution >= 4 is 0 Å². The van der Waals surface area contributed by atoms with Crippen LogP contribution in [0, 0.1) is 11.3 Å². The molecular weight excluding hydrogens is 254 g/mol. The summed E-state index contributed by atoms with van der Waals surface area (Å²) in [4.78, 5) is 0. The Hall–Kier alpha value is -0.820. The van der Waals surface area contributed by atoms with Gasteiger partial charge >= 0.3 is 0 Å². The standard InChI is InChI=1S/C20H33N/c1-5-16-9-10-18(13-17(16)6-2)19(21)20(14-15(3)4)11-7-8-12-20/h9-10,13,15,19H,5-8,11-12,14,21H2,1-4H3. The van der Waals surface area contributed by atoms with Gasteiger partial charge in [0.25, 0.3) is 0 Å². The van der Waals surface area contributed by atoms with E-state index in [1.807, 2.05) is 0 Å². The topological polar surface area (TPSA) is 26.0 Å². The van der Waals surface area contributed by atoms with Crippen LogP contribution in [0.3, 0.4) is 0 Å². The predicted molar refractivity (Wildman–Crippen MR) is 92.5 cm³/mol. The van der Waals surface area contributed by atoms with Gasteiger partial charge in [-0.1, -0.05) is 58.7 Å². The number of hydrogen-bond acceptors (Lipinski definition) is 1. The first-order valence-corrected chi connectivity index (χ1v) is 8.89. The second-order valence-corrected chi connectivity index (χ2v) is 7.38. The Bertz CT molecular complexity index is 455. The summed E-state index contributed by atoms with van der Waals surface area (Å²) in [7, 11) is 0. The Kier molecular flexibility index (Phi) is 5.48. The Balaban J connectivity index is 2.30. The van der Waals surface area contributed by atoms with Gasteiger partial charge in [-0.25, -0.2) is 0 Å². The fourth-order valence-electron chi connectivity index (χ4n) is 4.40. The summed E-state index contributed by atoms with van der Waals surface area (Å²) in [5.41, 5.74) is 11.5. The Morgan fingerprint density at radius 3 is 2.19 bits per heavy atom. The van der Waals surface area contributed by atoms with E-state index >= 15 is 0 Å². The van der Waals surface area contributed by atoms with E-state index in [2.05, 4.69) is 45.9 Å². The second-order valence-electron chi connectivity index (χ2n) is 7.38. The highest BCUT2D eigenvalue weighted by molar-refractivity contribution is 5.34. The Labute approximate surface area is 131 Å². The van der Waals surface area contributed by atoms with Crippen molar-refractivity contribution in [3.63, 3.8) is 0 Å². The maximum atomic E-state index is 6.80. The van der Waals surface area contributed by atoms with Crippen molar-refractivity contribution in [2.75, 3.05) is 0 Å². The van der Waals surface area contributed by atoms with Crippen LogP contribution in [0.2, 0.25) is 0 Å². The molecule has 21 heavy (non-hydrogen) atoms. The van der Waals surface area contributed by atoms with Gasteiger partial charge < -0.3 is 5.73 Å². The summed E-state index contributed by atoms with van der Waals surface area (Å²) < 4.78 is 0. The van der Waals surface area contributed by atoms with Gasteiger partial charge in [0.1, 0.15) is 0 Å². The molecule has 0 amide bonds. The van der Waals surface area contributed by atoms with E-state index < -0.39 is 0 Å². The highest BCUT2D eigenvalue weighted by atomic mass is 14.7. The van der Waals surface area contributed by atoms with Gasteiger partial charge in [-0.05, 0) is 60.1 Å². The molecule has 1 aromatic carbocycles. The molecular formula is C20H33N. The average Bonchev–Trinajstić information content (AvgIpc) is 2.94. The molecule has 0 aliphatic heterocycles. The maximum absolute atomic E-state index is 6.80. The summed E-state index contributed by atoms with van der Waals surface area (Å²) in [5, 5.41) is 0. The van der Waals surface area contributed by atoms with Crippen molar-refractivity contribution in [2.45, 2.75) is 78.7 Å². The van der Waals surface area contributed by atoms with Crippen LogP contribution in [0.4, 0.5) is 0 Å². The third-order valence-corrected chi connectivity index (χ3v) is 5.43. The molecule has 118 valence electrons. The number of rotatable bonds is 6. The maximum Gasteiger partial charge on any atom is 0.0352 e. The molecule has 1 saturated carbocycles. The monoisotopic (exact) mass is 287 g/mol. The van der Waals surface area contributed by atoms with Crippen molar-refractivity contribution in [1.29, 1.82) is 0 Å². The number of nitrogens with two attached hydrogens (primary N) is 1. The van der Waals surface area contributed by atoms with E-state index in [0.29, 0.717) is 5.41 Å². The second kappa shape index (κ2) is 6.96. The highest BCUT2D eigenvalue weighted by Crippen LogP contribution is 2.50. The molecule has 0 bridgehead atoms. The molecule has 1 atom stereocenters. The largest absolute Gasteiger partial charge is 0.323 e. The molecule has 1 aliphatic carbocycles. The number of hydrogen-bond donors (Lipinski definition) is 1. The van der Waals surface area contributed by atoms with Crippen molar-refractivity contribution in [2.24, 2.45) is 17.1 Å². The molecule has 1 heteroatoms. The molecule has 2 N–H and O–H groups in total. The first-order valence-electron chi connectivity index (χ1n) is 8.89. The zero-order valence-electron chi connectivity index (χ0n) is 14.4. The van der Waals surface area contributed by atoms with Gasteiger partial charge in [0.15, 0.2) is 0 Å². The lowest BCUT2D eigenvalue weighted by atomic mass is 9.70. The molecule has 1 fully saturated rings. The quantitative estimate of drug-likeness (QED) is 0.743. The Morgan fingerprint density at radius 1 is 1.05 bits per heavy atom. The van der Waals surface area contributed by atoms with Crippen molar-refractivity contribution in [3.05, 3.63) is 34.9 Å². The summed E-state index contributed by atoms with van der Waals surface area (Å²) in [6.07, 6.45) is 8.83. The average molecular weight is 287 g/mol. The Morgan fingerprint density at radius 2 is 1.67 bits per heavy atom. The van der Waals surface area contributed by atoms with Crippen LogP contribution < -0.4 is 5.73 Å². The van der Waals surface area contributed by atoms with E-state index in [4.69, 9.17) is 5.73 Å². The van der Waals surface area contributed by atoms with Crippen molar-refractivity contribution in [3.8, 4) is 0 Å². The first-order chi connectivity index (χ1) is 10.0. The van der Waals surface area contributed by atoms with E-state index in [1.54, 1.807) is 0 Å². The number of aryl methyl sites for hydroxylation is 2. The predicted octanol–water partition coefficient (Wildman–Crippen LogP) is 5.42. The van der Waals surface area contributed by atoms with Crippen LogP contribution in [0.1, 0.15) is 82.5 Å². The van der Waals surface area contributed by atoms with E-state index in [1.165, 1.54) is 48.8 Å². The van der Waals surface area contributed by atoms with Gasteiger partial charge in [-0.2, -0.15) is 0 Å². The fraction of sp³-hybridized carbons (Fsp3) is 0.700. The zero-order valence-corrected chi connectivity index (χ0v) is 14.4. The van der Waals surface area contributed by atoms with Crippen LogP contribution in [-0.2, 0) is 12.8 Å². The molecule has 0 radical (unpaired) electrons. The fourth-order valence-corrected chi connectivity index (χ4v) is 4.40. The number of benzene rings is 1. The lowest BCUT2D eigenvalue weighted by molar-refractivity contribution is 0.183. The highest BCUT2D eigenvalue weighted by Gasteiger charge is 2.40.